The van der Waals surface area contributed by atoms with Gasteiger partial charge in [-0.15, -0.1) is 0 Å². The molecule has 0 spiro atoms. The van der Waals surface area contributed by atoms with Crippen molar-refractivity contribution < 1.29 is 28.2 Å². The van der Waals surface area contributed by atoms with Crippen LogP contribution in [0.4, 0.5) is 13.2 Å². The number of piperazine rings is 1. The van der Waals surface area contributed by atoms with Gasteiger partial charge in [0.25, 0.3) is 0 Å². The van der Waals surface area contributed by atoms with Crippen LogP contribution >= 0.6 is 0 Å². The lowest BCUT2D eigenvalue weighted by Gasteiger charge is -2.34. The normalized spacial score (nSPS) is 21.4. The standard InChI is InChI=1S/C9H15F3N2O3/c10-9(11,12)7(15)5-13-1-3-14(4-2-13)6-8(16)17/h7,15H,1-6H2,(H,16,17). The van der Waals surface area contributed by atoms with E-state index in [1.54, 1.807) is 4.90 Å². The molecule has 5 nitrogen and oxygen atoms in total. The van der Waals surface area contributed by atoms with Gasteiger partial charge in [0, 0.05) is 32.7 Å². The first-order valence-electron chi connectivity index (χ1n) is 5.20. The van der Waals surface area contributed by atoms with Crippen molar-refractivity contribution in [3.05, 3.63) is 0 Å². The molecular formula is C9H15F3N2O3. The van der Waals surface area contributed by atoms with E-state index < -0.39 is 24.8 Å². The molecule has 1 rings (SSSR count). The summed E-state index contributed by atoms with van der Waals surface area (Å²) in [6, 6.07) is 0. The highest BCUT2D eigenvalue weighted by Gasteiger charge is 2.39. The molecule has 1 unspecified atom stereocenters. The van der Waals surface area contributed by atoms with E-state index >= 15 is 0 Å². The van der Waals surface area contributed by atoms with Crippen molar-refractivity contribution in [2.24, 2.45) is 0 Å². The quantitative estimate of drug-likeness (QED) is 0.717. The zero-order valence-corrected chi connectivity index (χ0v) is 9.15. The summed E-state index contributed by atoms with van der Waals surface area (Å²) >= 11 is 0. The minimum atomic E-state index is -4.60. The van der Waals surface area contributed by atoms with Crippen LogP contribution in [0.5, 0.6) is 0 Å². The predicted molar refractivity (Wildman–Crippen MR) is 52.6 cm³/mol. The Hall–Kier alpha value is -0.860. The molecule has 2 N–H and O–H groups in total. The first-order valence-corrected chi connectivity index (χ1v) is 5.20. The Morgan fingerprint density at radius 1 is 1.18 bits per heavy atom. The third-order valence-electron chi connectivity index (χ3n) is 2.63. The van der Waals surface area contributed by atoms with E-state index in [4.69, 9.17) is 10.2 Å². The number of carboxylic acids is 1. The van der Waals surface area contributed by atoms with Crippen LogP contribution < -0.4 is 0 Å². The van der Waals surface area contributed by atoms with Crippen molar-refractivity contribution in [3.8, 4) is 0 Å². The van der Waals surface area contributed by atoms with Crippen molar-refractivity contribution in [1.29, 1.82) is 0 Å². The molecule has 1 aliphatic rings. The Kier molecular flexibility index (Phi) is 4.72. The molecule has 8 heteroatoms. The maximum atomic E-state index is 12.1. The average Bonchev–Trinajstić information content (AvgIpc) is 2.18. The van der Waals surface area contributed by atoms with Gasteiger partial charge in [-0.25, -0.2) is 0 Å². The molecule has 0 aromatic rings. The van der Waals surface area contributed by atoms with Gasteiger partial charge in [0.1, 0.15) is 0 Å². The van der Waals surface area contributed by atoms with Crippen LogP contribution in [-0.4, -0.2) is 77.5 Å². The second kappa shape index (κ2) is 5.65. The van der Waals surface area contributed by atoms with Gasteiger partial charge in [0.05, 0.1) is 6.54 Å². The molecule has 0 saturated carbocycles. The van der Waals surface area contributed by atoms with E-state index in [0.29, 0.717) is 26.2 Å². The van der Waals surface area contributed by atoms with E-state index in [1.165, 1.54) is 4.90 Å². The number of aliphatic hydroxyl groups is 1. The summed E-state index contributed by atoms with van der Waals surface area (Å²) in [4.78, 5) is 13.5. The Morgan fingerprint density at radius 2 is 1.65 bits per heavy atom. The summed E-state index contributed by atoms with van der Waals surface area (Å²) in [5, 5.41) is 17.4. The minimum Gasteiger partial charge on any atom is -0.480 e. The van der Waals surface area contributed by atoms with Crippen LogP contribution in [0.3, 0.4) is 0 Å². The van der Waals surface area contributed by atoms with Gasteiger partial charge in [-0.1, -0.05) is 0 Å². The van der Waals surface area contributed by atoms with Gasteiger partial charge in [-0.2, -0.15) is 13.2 Å². The van der Waals surface area contributed by atoms with Gasteiger partial charge in [0.15, 0.2) is 6.10 Å². The molecule has 0 radical (unpaired) electrons. The monoisotopic (exact) mass is 256 g/mol. The van der Waals surface area contributed by atoms with E-state index in [2.05, 4.69) is 0 Å². The fraction of sp³-hybridized carbons (Fsp3) is 0.889. The molecule has 1 heterocycles. The molecule has 0 aromatic heterocycles. The van der Waals surface area contributed by atoms with Crippen LogP contribution in [-0.2, 0) is 4.79 Å². The molecule has 1 fully saturated rings. The van der Waals surface area contributed by atoms with Crippen LogP contribution in [0, 0.1) is 0 Å². The number of aliphatic hydroxyl groups excluding tert-OH is 1. The summed E-state index contributed by atoms with van der Waals surface area (Å²) in [6.07, 6.45) is -6.94. The molecule has 0 bridgehead atoms. The molecule has 0 aliphatic carbocycles. The van der Waals surface area contributed by atoms with Gasteiger partial charge < -0.3 is 10.2 Å². The number of hydrogen-bond donors (Lipinski definition) is 2. The number of hydrogen-bond acceptors (Lipinski definition) is 4. The number of β-amino-alcohol motifs (C(OH)–C–C–N with tert-alkyl or cyclic N) is 1. The van der Waals surface area contributed by atoms with E-state index in [9.17, 15) is 18.0 Å². The largest absolute Gasteiger partial charge is 0.480 e. The van der Waals surface area contributed by atoms with Gasteiger partial charge >= 0.3 is 12.1 Å². The highest BCUT2D eigenvalue weighted by atomic mass is 19.4. The molecule has 100 valence electrons. The van der Waals surface area contributed by atoms with Gasteiger partial charge in [-0.05, 0) is 0 Å². The highest BCUT2D eigenvalue weighted by Crippen LogP contribution is 2.21. The number of nitrogens with zero attached hydrogens (tertiary/aromatic N) is 2. The lowest BCUT2D eigenvalue weighted by molar-refractivity contribution is -0.208. The lowest BCUT2D eigenvalue weighted by atomic mass is 10.2. The topological polar surface area (TPSA) is 64.0 Å². The molecule has 1 aliphatic heterocycles. The summed E-state index contributed by atoms with van der Waals surface area (Å²) < 4.78 is 36.3. The molecule has 0 amide bonds. The van der Waals surface area contributed by atoms with Crippen LogP contribution in [0.2, 0.25) is 0 Å². The second-order valence-corrected chi connectivity index (χ2v) is 4.03. The maximum Gasteiger partial charge on any atom is 0.415 e. The molecule has 0 aromatic carbocycles. The molecular weight excluding hydrogens is 241 g/mol. The fourth-order valence-corrected chi connectivity index (χ4v) is 1.67. The first-order chi connectivity index (χ1) is 7.79. The Bertz CT molecular complexity index is 265. The SMILES string of the molecule is O=C(O)CN1CCN(CC(O)C(F)(F)F)CC1. The highest BCUT2D eigenvalue weighted by molar-refractivity contribution is 5.69. The van der Waals surface area contributed by atoms with Crippen LogP contribution in [0.1, 0.15) is 0 Å². The van der Waals surface area contributed by atoms with Crippen molar-refractivity contribution in [2.75, 3.05) is 39.3 Å². The van der Waals surface area contributed by atoms with Crippen molar-refractivity contribution >= 4 is 5.97 Å². The Morgan fingerprint density at radius 3 is 2.06 bits per heavy atom. The second-order valence-electron chi connectivity index (χ2n) is 4.03. The molecule has 1 atom stereocenters. The Labute approximate surface area is 96.4 Å². The number of carboxylic acid groups (broad SMARTS) is 1. The molecule has 1 saturated heterocycles. The number of halogens is 3. The summed E-state index contributed by atoms with van der Waals surface area (Å²) in [7, 11) is 0. The minimum absolute atomic E-state index is 0.102. The molecule has 17 heavy (non-hydrogen) atoms. The number of alkyl halides is 3. The zero-order chi connectivity index (χ0) is 13.1. The fourth-order valence-electron chi connectivity index (χ4n) is 1.67. The summed E-state index contributed by atoms with van der Waals surface area (Å²) in [5.74, 6) is -0.950. The maximum absolute atomic E-state index is 12.1. The summed E-state index contributed by atoms with van der Waals surface area (Å²) in [5.41, 5.74) is 0. The summed E-state index contributed by atoms with van der Waals surface area (Å²) in [6.45, 7) is 0.911. The van der Waals surface area contributed by atoms with Crippen LogP contribution in [0.25, 0.3) is 0 Å². The van der Waals surface area contributed by atoms with Gasteiger partial charge in [0.2, 0.25) is 0 Å². The third kappa shape index (κ3) is 4.88. The first kappa shape index (κ1) is 14.2. The van der Waals surface area contributed by atoms with Crippen molar-refractivity contribution in [3.63, 3.8) is 0 Å². The average molecular weight is 256 g/mol. The van der Waals surface area contributed by atoms with Crippen molar-refractivity contribution in [2.45, 2.75) is 12.3 Å². The van der Waals surface area contributed by atoms with E-state index in [0.717, 1.165) is 0 Å². The number of carbonyl (C=O) groups is 1. The Balaban J connectivity index is 2.30. The predicted octanol–water partition coefficient (Wildman–Crippen LogP) is -0.388. The number of rotatable bonds is 4. The smallest absolute Gasteiger partial charge is 0.415 e. The van der Waals surface area contributed by atoms with Crippen LogP contribution in [0.15, 0.2) is 0 Å². The third-order valence-corrected chi connectivity index (χ3v) is 2.63. The zero-order valence-electron chi connectivity index (χ0n) is 9.15. The van der Waals surface area contributed by atoms with Crippen molar-refractivity contribution in [1.82, 2.24) is 9.80 Å². The van der Waals surface area contributed by atoms with E-state index in [-0.39, 0.29) is 6.54 Å². The lowest BCUT2D eigenvalue weighted by Crippen LogP contribution is -2.51. The van der Waals surface area contributed by atoms with Gasteiger partial charge in [-0.3, -0.25) is 14.6 Å². The van der Waals surface area contributed by atoms with E-state index in [1.807, 2.05) is 0 Å². The number of aliphatic carboxylic acids is 1.